The van der Waals surface area contributed by atoms with Crippen molar-refractivity contribution >= 4 is 28.2 Å². The number of nitrogens with zero attached hydrogens (tertiary/aromatic N) is 1. The van der Waals surface area contributed by atoms with Crippen molar-refractivity contribution in [2.24, 2.45) is 0 Å². The van der Waals surface area contributed by atoms with Crippen molar-refractivity contribution < 1.29 is 14.3 Å². The summed E-state index contributed by atoms with van der Waals surface area (Å²) in [6, 6.07) is 9.80. The number of carbonyl (C=O) groups is 2. The molecule has 0 bridgehead atoms. The first-order chi connectivity index (χ1) is 13.6. The highest BCUT2D eigenvalue weighted by Crippen LogP contribution is 2.35. The van der Waals surface area contributed by atoms with E-state index < -0.39 is 0 Å². The molecule has 1 aliphatic heterocycles. The van der Waals surface area contributed by atoms with E-state index in [9.17, 15) is 9.59 Å². The van der Waals surface area contributed by atoms with Crippen molar-refractivity contribution in [3.8, 4) is 0 Å². The first-order valence-corrected chi connectivity index (χ1v) is 10.7. The van der Waals surface area contributed by atoms with Crippen LogP contribution in [0.3, 0.4) is 0 Å². The number of amides is 2. The number of nitrogens with one attached hydrogen (secondary N) is 1. The molecule has 150 valence electrons. The number of rotatable bonds is 6. The van der Waals surface area contributed by atoms with E-state index in [0.717, 1.165) is 22.4 Å². The minimum absolute atomic E-state index is 0.00689. The standard InChI is InChI=1S/C22H28N2O3S/c1-4-17-15(3)28-21(19(17)22(26)24-11-13-27-14-12-24)23-20(25)18(5-2)16-9-7-6-8-10-16/h6-10,18H,4-5,11-14H2,1-3H3,(H,23,25). The van der Waals surface area contributed by atoms with Crippen LogP contribution in [0.15, 0.2) is 30.3 Å². The number of anilines is 1. The summed E-state index contributed by atoms with van der Waals surface area (Å²) in [5.41, 5.74) is 2.68. The van der Waals surface area contributed by atoms with Crippen LogP contribution in [-0.2, 0) is 16.0 Å². The van der Waals surface area contributed by atoms with Crippen molar-refractivity contribution in [3.05, 3.63) is 51.9 Å². The second-order valence-corrected chi connectivity index (χ2v) is 8.18. The number of hydrogen-bond donors (Lipinski definition) is 1. The Balaban J connectivity index is 1.89. The molecule has 0 spiro atoms. The Kier molecular flexibility index (Phi) is 6.86. The van der Waals surface area contributed by atoms with Gasteiger partial charge in [-0.2, -0.15) is 0 Å². The van der Waals surface area contributed by atoms with Gasteiger partial charge in [0.1, 0.15) is 5.00 Å². The largest absolute Gasteiger partial charge is 0.378 e. The molecule has 1 N–H and O–H groups in total. The molecule has 0 radical (unpaired) electrons. The molecular weight excluding hydrogens is 372 g/mol. The monoisotopic (exact) mass is 400 g/mol. The van der Waals surface area contributed by atoms with Crippen LogP contribution in [0.25, 0.3) is 0 Å². The topological polar surface area (TPSA) is 58.6 Å². The van der Waals surface area contributed by atoms with Crippen LogP contribution in [0, 0.1) is 6.92 Å². The van der Waals surface area contributed by atoms with Gasteiger partial charge in [0.25, 0.3) is 5.91 Å². The summed E-state index contributed by atoms with van der Waals surface area (Å²) in [5, 5.41) is 3.75. The van der Waals surface area contributed by atoms with Crippen LogP contribution in [0.4, 0.5) is 5.00 Å². The molecule has 2 amide bonds. The summed E-state index contributed by atoms with van der Waals surface area (Å²) in [4.78, 5) is 29.2. The zero-order chi connectivity index (χ0) is 20.1. The third-order valence-corrected chi connectivity index (χ3v) is 6.30. The van der Waals surface area contributed by atoms with Gasteiger partial charge in [0.15, 0.2) is 0 Å². The van der Waals surface area contributed by atoms with Crippen LogP contribution >= 0.6 is 11.3 Å². The summed E-state index contributed by atoms with van der Waals surface area (Å²) in [5.74, 6) is -0.304. The van der Waals surface area contributed by atoms with Crippen molar-refractivity contribution in [2.75, 3.05) is 31.6 Å². The zero-order valence-electron chi connectivity index (χ0n) is 16.8. The van der Waals surface area contributed by atoms with E-state index in [0.29, 0.717) is 43.3 Å². The van der Waals surface area contributed by atoms with E-state index in [1.165, 1.54) is 11.3 Å². The van der Waals surface area contributed by atoms with Gasteiger partial charge < -0.3 is 15.0 Å². The average molecular weight is 401 g/mol. The molecule has 1 fully saturated rings. The first kappa shape index (κ1) is 20.6. The maximum Gasteiger partial charge on any atom is 0.257 e. The normalized spacial score (nSPS) is 15.3. The summed E-state index contributed by atoms with van der Waals surface area (Å²) in [7, 11) is 0. The fraction of sp³-hybridized carbons (Fsp3) is 0.455. The van der Waals surface area contributed by atoms with Crippen molar-refractivity contribution in [1.82, 2.24) is 4.90 Å². The number of ether oxygens (including phenoxy) is 1. The molecule has 2 aromatic rings. The fourth-order valence-corrected chi connectivity index (χ4v) is 4.84. The van der Waals surface area contributed by atoms with Gasteiger partial charge >= 0.3 is 0 Å². The Morgan fingerprint density at radius 3 is 2.46 bits per heavy atom. The first-order valence-electron chi connectivity index (χ1n) is 9.91. The summed E-state index contributed by atoms with van der Waals surface area (Å²) in [6.07, 6.45) is 1.47. The van der Waals surface area contributed by atoms with E-state index in [4.69, 9.17) is 4.74 Å². The molecule has 1 saturated heterocycles. The summed E-state index contributed by atoms with van der Waals surface area (Å²) < 4.78 is 5.38. The van der Waals surface area contributed by atoms with E-state index in [2.05, 4.69) is 12.2 Å². The van der Waals surface area contributed by atoms with Crippen LogP contribution in [0.1, 0.15) is 52.5 Å². The molecule has 5 nitrogen and oxygen atoms in total. The van der Waals surface area contributed by atoms with Gasteiger partial charge in [-0.25, -0.2) is 0 Å². The second kappa shape index (κ2) is 9.34. The number of hydrogen-bond acceptors (Lipinski definition) is 4. The molecule has 1 unspecified atom stereocenters. The predicted molar refractivity (Wildman–Crippen MR) is 113 cm³/mol. The SMILES string of the molecule is CCc1c(C)sc(NC(=O)C(CC)c2ccccc2)c1C(=O)N1CCOCC1. The lowest BCUT2D eigenvalue weighted by atomic mass is 9.95. The van der Waals surface area contributed by atoms with Gasteiger partial charge in [-0.15, -0.1) is 11.3 Å². The molecule has 3 rings (SSSR count). The lowest BCUT2D eigenvalue weighted by Gasteiger charge is -2.27. The van der Waals surface area contributed by atoms with Crippen LogP contribution in [0.2, 0.25) is 0 Å². The molecule has 1 aromatic carbocycles. The van der Waals surface area contributed by atoms with Crippen molar-refractivity contribution in [1.29, 1.82) is 0 Å². The molecule has 1 aliphatic rings. The zero-order valence-corrected chi connectivity index (χ0v) is 17.6. The van der Waals surface area contributed by atoms with Gasteiger partial charge in [-0.1, -0.05) is 44.2 Å². The minimum Gasteiger partial charge on any atom is -0.378 e. The van der Waals surface area contributed by atoms with Crippen LogP contribution < -0.4 is 5.32 Å². The highest BCUT2D eigenvalue weighted by molar-refractivity contribution is 7.16. The Labute approximate surface area is 170 Å². The molecule has 0 aliphatic carbocycles. The van der Waals surface area contributed by atoms with E-state index in [1.54, 1.807) is 0 Å². The molecular formula is C22H28N2O3S. The molecule has 1 atom stereocenters. The Hall–Kier alpha value is -2.18. The average Bonchev–Trinajstić information content (AvgIpc) is 3.04. The van der Waals surface area contributed by atoms with Crippen molar-refractivity contribution in [3.63, 3.8) is 0 Å². The second-order valence-electron chi connectivity index (χ2n) is 6.96. The molecule has 0 saturated carbocycles. The highest BCUT2D eigenvalue weighted by atomic mass is 32.1. The Morgan fingerprint density at radius 1 is 1.18 bits per heavy atom. The van der Waals surface area contributed by atoms with E-state index in [1.807, 2.05) is 49.1 Å². The van der Waals surface area contributed by atoms with Crippen LogP contribution in [-0.4, -0.2) is 43.0 Å². The molecule has 1 aromatic heterocycles. The summed E-state index contributed by atoms with van der Waals surface area (Å²) >= 11 is 1.50. The molecule has 6 heteroatoms. The van der Waals surface area contributed by atoms with E-state index in [-0.39, 0.29) is 17.7 Å². The van der Waals surface area contributed by atoms with E-state index >= 15 is 0 Å². The summed E-state index contributed by atoms with van der Waals surface area (Å²) in [6.45, 7) is 8.37. The highest BCUT2D eigenvalue weighted by Gasteiger charge is 2.28. The van der Waals surface area contributed by atoms with Crippen LogP contribution in [0.5, 0.6) is 0 Å². The maximum atomic E-state index is 13.2. The smallest absolute Gasteiger partial charge is 0.257 e. The Morgan fingerprint density at radius 2 is 1.86 bits per heavy atom. The third kappa shape index (κ3) is 4.28. The molecule has 28 heavy (non-hydrogen) atoms. The van der Waals surface area contributed by atoms with Gasteiger partial charge in [0.05, 0.1) is 24.7 Å². The minimum atomic E-state index is -0.236. The number of benzene rings is 1. The van der Waals surface area contributed by atoms with Gasteiger partial charge in [0, 0.05) is 18.0 Å². The fourth-order valence-electron chi connectivity index (χ4n) is 3.70. The lowest BCUT2D eigenvalue weighted by molar-refractivity contribution is -0.117. The van der Waals surface area contributed by atoms with Crippen molar-refractivity contribution in [2.45, 2.75) is 39.5 Å². The number of carbonyl (C=O) groups excluding carboxylic acids is 2. The Bertz CT molecular complexity index is 826. The number of thiophene rings is 1. The third-order valence-electron chi connectivity index (χ3n) is 5.24. The number of morpholine rings is 1. The van der Waals surface area contributed by atoms with Gasteiger partial charge in [-0.3, -0.25) is 9.59 Å². The van der Waals surface area contributed by atoms with Gasteiger partial charge in [0.2, 0.25) is 5.91 Å². The lowest BCUT2D eigenvalue weighted by Crippen LogP contribution is -2.41. The number of aryl methyl sites for hydroxylation is 1. The molecule has 2 heterocycles. The predicted octanol–water partition coefficient (Wildman–Crippen LogP) is 4.22. The van der Waals surface area contributed by atoms with Gasteiger partial charge in [-0.05, 0) is 30.9 Å². The maximum absolute atomic E-state index is 13.2. The quantitative estimate of drug-likeness (QED) is 0.790.